The van der Waals surface area contributed by atoms with Gasteiger partial charge >= 0.3 is 0 Å². The first-order chi connectivity index (χ1) is 6.74. The van der Waals surface area contributed by atoms with Crippen molar-refractivity contribution in [1.29, 1.82) is 0 Å². The van der Waals surface area contributed by atoms with E-state index >= 15 is 0 Å². The summed E-state index contributed by atoms with van der Waals surface area (Å²) in [5.74, 6) is 0. The Morgan fingerprint density at radius 1 is 1.71 bits per heavy atom. The highest BCUT2D eigenvalue weighted by atomic mass is 79.9. The van der Waals surface area contributed by atoms with Gasteiger partial charge in [-0.05, 0) is 35.0 Å². The Labute approximate surface area is 101 Å². The van der Waals surface area contributed by atoms with E-state index in [1.54, 1.807) is 11.3 Å². The fraction of sp³-hybridized carbons (Fsp3) is 0.556. The summed E-state index contributed by atoms with van der Waals surface area (Å²) >= 11 is 11.3. The van der Waals surface area contributed by atoms with Gasteiger partial charge in [0.15, 0.2) is 0 Å². The lowest BCUT2D eigenvalue weighted by Crippen LogP contribution is -2.23. The molecule has 0 radical (unpaired) electrons. The van der Waals surface area contributed by atoms with Crippen molar-refractivity contribution in [1.82, 2.24) is 5.32 Å². The second-order valence-corrected chi connectivity index (χ2v) is 5.95. The molecule has 0 aromatic carbocycles. The van der Waals surface area contributed by atoms with E-state index in [9.17, 15) is 0 Å². The summed E-state index contributed by atoms with van der Waals surface area (Å²) in [6.45, 7) is 1.61. The number of hydrogen-bond acceptors (Lipinski definition) is 3. The van der Waals surface area contributed by atoms with Crippen LogP contribution in [0.25, 0.3) is 0 Å². The summed E-state index contributed by atoms with van der Waals surface area (Å²) in [6, 6.07) is 0. The average molecular weight is 297 g/mol. The molecule has 0 aliphatic carbocycles. The molecule has 0 amide bonds. The molecule has 5 heteroatoms. The quantitative estimate of drug-likeness (QED) is 0.906. The monoisotopic (exact) mass is 295 g/mol. The molecule has 78 valence electrons. The smallest absolute Gasteiger partial charge is 0.104 e. The maximum Gasteiger partial charge on any atom is 0.104 e. The normalized spacial score (nSPS) is 20.9. The van der Waals surface area contributed by atoms with Crippen LogP contribution in [0.5, 0.6) is 0 Å². The van der Waals surface area contributed by atoms with Gasteiger partial charge in [0, 0.05) is 11.4 Å². The number of halogens is 2. The molecule has 0 spiro atoms. The first-order valence-corrected chi connectivity index (χ1v) is 6.45. The van der Waals surface area contributed by atoms with E-state index < -0.39 is 0 Å². The van der Waals surface area contributed by atoms with Crippen LogP contribution in [0.3, 0.4) is 0 Å². The largest absolute Gasteiger partial charge is 0.371 e. The first-order valence-electron chi connectivity index (χ1n) is 4.46. The number of ether oxygens (including phenoxy) is 1. The predicted molar refractivity (Wildman–Crippen MR) is 63.4 cm³/mol. The molecule has 1 aromatic rings. The lowest BCUT2D eigenvalue weighted by atomic mass is 10.1. The third-order valence-corrected chi connectivity index (χ3v) is 5.04. The van der Waals surface area contributed by atoms with E-state index in [0.717, 1.165) is 28.4 Å². The molecule has 1 aromatic heterocycles. The maximum atomic E-state index is 6.18. The molecule has 0 unspecified atom stereocenters. The van der Waals surface area contributed by atoms with E-state index in [-0.39, 0.29) is 6.10 Å². The summed E-state index contributed by atoms with van der Waals surface area (Å²) in [4.78, 5) is 1.27. The van der Waals surface area contributed by atoms with Crippen molar-refractivity contribution < 1.29 is 4.74 Å². The maximum absolute atomic E-state index is 6.18. The Bertz CT molecular complexity index is 342. The SMILES string of the molecule is CNC[C@H]1OCCc2c1sc(Br)c2Cl. The highest BCUT2D eigenvalue weighted by Gasteiger charge is 2.26. The van der Waals surface area contributed by atoms with Crippen molar-refractivity contribution in [2.24, 2.45) is 0 Å². The minimum atomic E-state index is 0.164. The van der Waals surface area contributed by atoms with Crippen molar-refractivity contribution in [3.8, 4) is 0 Å². The van der Waals surface area contributed by atoms with Crippen molar-refractivity contribution in [2.45, 2.75) is 12.5 Å². The lowest BCUT2D eigenvalue weighted by molar-refractivity contribution is 0.0469. The number of likely N-dealkylation sites (N-methyl/N-ethyl adjacent to an activating group) is 1. The van der Waals surface area contributed by atoms with Crippen LogP contribution in [0, 0.1) is 0 Å². The summed E-state index contributed by atoms with van der Waals surface area (Å²) in [5, 5.41) is 4.00. The van der Waals surface area contributed by atoms with Gasteiger partial charge in [0.05, 0.1) is 15.4 Å². The molecular weight excluding hydrogens is 286 g/mol. The standard InChI is InChI=1S/C9H11BrClNOS/c1-12-4-6-8-5(2-3-13-6)7(11)9(10)14-8/h6,12H,2-4H2,1H3/t6-/m1/s1. The fourth-order valence-corrected chi connectivity index (χ4v) is 3.79. The Balaban J connectivity index is 2.34. The average Bonchev–Trinajstić information content (AvgIpc) is 2.46. The van der Waals surface area contributed by atoms with E-state index in [4.69, 9.17) is 16.3 Å². The van der Waals surface area contributed by atoms with Gasteiger partial charge in [0.2, 0.25) is 0 Å². The first kappa shape index (κ1) is 10.9. The topological polar surface area (TPSA) is 21.3 Å². The second-order valence-electron chi connectivity index (χ2n) is 3.20. The fourth-order valence-electron chi connectivity index (χ4n) is 1.64. The highest BCUT2D eigenvalue weighted by molar-refractivity contribution is 9.11. The Kier molecular flexibility index (Phi) is 3.50. The molecule has 0 saturated carbocycles. The van der Waals surface area contributed by atoms with Crippen molar-refractivity contribution >= 4 is 38.9 Å². The van der Waals surface area contributed by atoms with E-state index in [1.165, 1.54) is 10.4 Å². The number of nitrogens with one attached hydrogen (secondary N) is 1. The third-order valence-electron chi connectivity index (χ3n) is 2.29. The molecule has 1 atom stereocenters. The third kappa shape index (κ3) is 1.86. The van der Waals surface area contributed by atoms with Crippen LogP contribution < -0.4 is 5.32 Å². The minimum Gasteiger partial charge on any atom is -0.371 e. The summed E-state index contributed by atoms with van der Waals surface area (Å²) in [5.41, 5.74) is 1.26. The van der Waals surface area contributed by atoms with Gasteiger partial charge in [-0.2, -0.15) is 0 Å². The second kappa shape index (κ2) is 4.49. The Hall–Kier alpha value is 0.390. The zero-order valence-corrected chi connectivity index (χ0v) is 10.9. The van der Waals surface area contributed by atoms with Crippen LogP contribution in [0.2, 0.25) is 5.02 Å². The predicted octanol–water partition coefficient (Wildman–Crippen LogP) is 3.00. The number of thiophene rings is 1. The summed E-state index contributed by atoms with van der Waals surface area (Å²) < 4.78 is 6.71. The van der Waals surface area contributed by atoms with Crippen LogP contribution in [0.1, 0.15) is 16.5 Å². The molecule has 0 fully saturated rings. The lowest BCUT2D eigenvalue weighted by Gasteiger charge is -2.22. The molecule has 2 rings (SSSR count). The molecule has 2 heterocycles. The van der Waals surface area contributed by atoms with Gasteiger partial charge in [-0.25, -0.2) is 0 Å². The van der Waals surface area contributed by atoms with Crippen LogP contribution in [0.15, 0.2) is 3.79 Å². The van der Waals surface area contributed by atoms with Crippen molar-refractivity contribution in [3.05, 3.63) is 19.2 Å². The van der Waals surface area contributed by atoms with Crippen LogP contribution in [0.4, 0.5) is 0 Å². The molecule has 0 saturated heterocycles. The van der Waals surface area contributed by atoms with Gasteiger partial charge in [-0.15, -0.1) is 11.3 Å². The Morgan fingerprint density at radius 3 is 3.21 bits per heavy atom. The van der Waals surface area contributed by atoms with Crippen molar-refractivity contribution in [2.75, 3.05) is 20.2 Å². The molecule has 1 aliphatic heterocycles. The number of fused-ring (bicyclic) bond motifs is 1. The molecule has 1 aliphatic rings. The van der Waals surface area contributed by atoms with Gasteiger partial charge in [0.1, 0.15) is 6.10 Å². The molecular formula is C9H11BrClNOS. The van der Waals surface area contributed by atoms with Gasteiger partial charge in [0.25, 0.3) is 0 Å². The van der Waals surface area contributed by atoms with Crippen LogP contribution >= 0.6 is 38.9 Å². The molecule has 14 heavy (non-hydrogen) atoms. The summed E-state index contributed by atoms with van der Waals surface area (Å²) in [6.07, 6.45) is 1.09. The number of hydrogen-bond donors (Lipinski definition) is 1. The van der Waals surface area contributed by atoms with E-state index in [0.29, 0.717) is 0 Å². The van der Waals surface area contributed by atoms with Gasteiger partial charge in [-0.3, -0.25) is 0 Å². The van der Waals surface area contributed by atoms with E-state index in [1.807, 2.05) is 7.05 Å². The Morgan fingerprint density at radius 2 is 2.50 bits per heavy atom. The summed E-state index contributed by atoms with van der Waals surface area (Å²) in [7, 11) is 1.93. The van der Waals surface area contributed by atoms with E-state index in [2.05, 4.69) is 21.2 Å². The van der Waals surface area contributed by atoms with Crippen LogP contribution in [-0.4, -0.2) is 20.2 Å². The minimum absolute atomic E-state index is 0.164. The molecule has 1 N–H and O–H groups in total. The molecule has 0 bridgehead atoms. The van der Waals surface area contributed by atoms with Gasteiger partial charge in [-0.1, -0.05) is 11.6 Å². The highest BCUT2D eigenvalue weighted by Crippen LogP contribution is 2.43. The van der Waals surface area contributed by atoms with Crippen molar-refractivity contribution in [3.63, 3.8) is 0 Å². The number of rotatable bonds is 2. The zero-order valence-electron chi connectivity index (χ0n) is 7.77. The van der Waals surface area contributed by atoms with Crippen LogP contribution in [-0.2, 0) is 11.2 Å². The zero-order chi connectivity index (χ0) is 10.1. The van der Waals surface area contributed by atoms with Gasteiger partial charge < -0.3 is 10.1 Å². The molecule has 2 nitrogen and oxygen atoms in total.